The van der Waals surface area contributed by atoms with E-state index in [9.17, 15) is 9.90 Å². The van der Waals surface area contributed by atoms with E-state index in [1.165, 1.54) is 19.3 Å². The van der Waals surface area contributed by atoms with Gasteiger partial charge >= 0.3 is 6.03 Å². The predicted molar refractivity (Wildman–Crippen MR) is 76.1 cm³/mol. The maximum absolute atomic E-state index is 12.0. The molecule has 1 saturated carbocycles. The summed E-state index contributed by atoms with van der Waals surface area (Å²) in [4.78, 5) is 13.7. The molecule has 1 aliphatic carbocycles. The summed E-state index contributed by atoms with van der Waals surface area (Å²) in [6.07, 6.45) is 2.74. The van der Waals surface area contributed by atoms with Crippen molar-refractivity contribution < 1.29 is 19.4 Å². The minimum Gasteiger partial charge on any atom is -0.389 e. The standard InChI is InChI=1S/C14H25N3O4/c18-13-11(16-10-2-1-3-10)9-21-12(13)8-15-14(19)17-4-6-20-7-5-17/h10-13,16,18H,1-9H2,(H,15,19). The number of morpholine rings is 1. The first-order valence-corrected chi connectivity index (χ1v) is 7.90. The van der Waals surface area contributed by atoms with Crippen LogP contribution in [0.3, 0.4) is 0 Å². The topological polar surface area (TPSA) is 83.1 Å². The minimum atomic E-state index is -0.560. The Hall–Kier alpha value is -0.890. The molecule has 3 N–H and O–H groups in total. The van der Waals surface area contributed by atoms with Gasteiger partial charge in [0.05, 0.1) is 32.0 Å². The summed E-state index contributed by atoms with van der Waals surface area (Å²) in [6, 6.07) is 0.403. The molecular weight excluding hydrogens is 274 g/mol. The molecule has 2 saturated heterocycles. The van der Waals surface area contributed by atoms with Crippen molar-refractivity contribution in [2.75, 3.05) is 39.5 Å². The Labute approximate surface area is 125 Å². The van der Waals surface area contributed by atoms with Crippen LogP contribution >= 0.6 is 0 Å². The van der Waals surface area contributed by atoms with Crippen molar-refractivity contribution in [1.82, 2.24) is 15.5 Å². The van der Waals surface area contributed by atoms with Crippen molar-refractivity contribution in [3.8, 4) is 0 Å². The first-order valence-electron chi connectivity index (χ1n) is 7.90. The molecule has 0 aromatic rings. The first kappa shape index (κ1) is 15.0. The van der Waals surface area contributed by atoms with E-state index in [4.69, 9.17) is 9.47 Å². The second-order valence-electron chi connectivity index (χ2n) is 6.05. The number of aliphatic hydroxyl groups excluding tert-OH is 1. The monoisotopic (exact) mass is 299 g/mol. The molecular formula is C14H25N3O4. The van der Waals surface area contributed by atoms with E-state index < -0.39 is 6.10 Å². The SMILES string of the molecule is O=C(NCC1OCC(NC2CCC2)C1O)N1CCOCC1. The van der Waals surface area contributed by atoms with E-state index in [0.717, 1.165) is 0 Å². The summed E-state index contributed by atoms with van der Waals surface area (Å²) in [5.41, 5.74) is 0. The Morgan fingerprint density at radius 2 is 2.05 bits per heavy atom. The van der Waals surface area contributed by atoms with Gasteiger partial charge < -0.3 is 30.1 Å². The average Bonchev–Trinajstić information content (AvgIpc) is 2.82. The third-order valence-corrected chi connectivity index (χ3v) is 4.59. The lowest BCUT2D eigenvalue weighted by atomic mass is 9.92. The molecule has 2 aliphatic heterocycles. The summed E-state index contributed by atoms with van der Waals surface area (Å²) < 4.78 is 10.8. The largest absolute Gasteiger partial charge is 0.389 e. The van der Waals surface area contributed by atoms with Crippen LogP contribution in [0.25, 0.3) is 0 Å². The predicted octanol–water partition coefficient (Wildman–Crippen LogP) is -0.701. The van der Waals surface area contributed by atoms with Crippen LogP contribution in [0.15, 0.2) is 0 Å². The van der Waals surface area contributed by atoms with Crippen LogP contribution in [0.1, 0.15) is 19.3 Å². The fourth-order valence-corrected chi connectivity index (χ4v) is 2.95. The molecule has 0 bridgehead atoms. The highest BCUT2D eigenvalue weighted by Crippen LogP contribution is 2.22. The Bertz CT molecular complexity index is 358. The highest BCUT2D eigenvalue weighted by Gasteiger charge is 2.37. The minimum absolute atomic E-state index is 0.0133. The molecule has 0 radical (unpaired) electrons. The van der Waals surface area contributed by atoms with Gasteiger partial charge in [-0.2, -0.15) is 0 Å². The van der Waals surface area contributed by atoms with E-state index in [1.54, 1.807) is 4.90 Å². The fraction of sp³-hybridized carbons (Fsp3) is 0.929. The third kappa shape index (κ3) is 3.66. The second-order valence-corrected chi connectivity index (χ2v) is 6.05. The van der Waals surface area contributed by atoms with Crippen molar-refractivity contribution in [3.63, 3.8) is 0 Å². The van der Waals surface area contributed by atoms with Gasteiger partial charge in [-0.25, -0.2) is 4.79 Å². The maximum Gasteiger partial charge on any atom is 0.317 e. The van der Waals surface area contributed by atoms with Crippen molar-refractivity contribution in [2.24, 2.45) is 0 Å². The van der Waals surface area contributed by atoms with E-state index >= 15 is 0 Å². The number of amides is 2. The number of rotatable bonds is 4. The van der Waals surface area contributed by atoms with E-state index in [2.05, 4.69) is 10.6 Å². The number of hydrogen-bond acceptors (Lipinski definition) is 5. The molecule has 3 unspecified atom stereocenters. The zero-order chi connectivity index (χ0) is 14.7. The number of carbonyl (C=O) groups excluding carboxylic acids is 1. The Morgan fingerprint density at radius 3 is 2.71 bits per heavy atom. The van der Waals surface area contributed by atoms with Crippen LogP contribution in [0, 0.1) is 0 Å². The quantitative estimate of drug-likeness (QED) is 0.639. The maximum atomic E-state index is 12.0. The number of nitrogens with zero attached hydrogens (tertiary/aromatic N) is 1. The fourth-order valence-electron chi connectivity index (χ4n) is 2.95. The lowest BCUT2D eigenvalue weighted by Crippen LogP contribution is -2.51. The van der Waals surface area contributed by atoms with Gasteiger partial charge in [0.2, 0.25) is 0 Å². The number of nitrogens with one attached hydrogen (secondary N) is 2. The molecule has 120 valence electrons. The molecule has 3 rings (SSSR count). The summed E-state index contributed by atoms with van der Waals surface area (Å²) >= 11 is 0. The van der Waals surface area contributed by atoms with E-state index in [-0.39, 0.29) is 18.2 Å². The molecule has 3 atom stereocenters. The normalized spacial score (nSPS) is 33.8. The van der Waals surface area contributed by atoms with Gasteiger partial charge in [-0.05, 0) is 12.8 Å². The molecule has 2 amide bonds. The highest BCUT2D eigenvalue weighted by molar-refractivity contribution is 5.74. The summed E-state index contributed by atoms with van der Waals surface area (Å²) in [5.74, 6) is 0. The van der Waals surface area contributed by atoms with Crippen LogP contribution in [0.4, 0.5) is 4.79 Å². The summed E-state index contributed by atoms with van der Waals surface area (Å²) in [6.45, 7) is 3.26. The number of urea groups is 1. The molecule has 0 aromatic carbocycles. The van der Waals surface area contributed by atoms with Crippen LogP contribution in [-0.2, 0) is 9.47 Å². The zero-order valence-corrected chi connectivity index (χ0v) is 12.3. The number of ether oxygens (including phenoxy) is 2. The van der Waals surface area contributed by atoms with Crippen LogP contribution in [0.2, 0.25) is 0 Å². The van der Waals surface area contributed by atoms with Gasteiger partial charge in [-0.3, -0.25) is 0 Å². The molecule has 21 heavy (non-hydrogen) atoms. The average molecular weight is 299 g/mol. The molecule has 0 aromatic heterocycles. The van der Waals surface area contributed by atoms with Gasteiger partial charge in [-0.15, -0.1) is 0 Å². The van der Waals surface area contributed by atoms with E-state index in [0.29, 0.717) is 45.5 Å². The van der Waals surface area contributed by atoms with Gasteiger partial charge in [0.25, 0.3) is 0 Å². The lowest BCUT2D eigenvalue weighted by Gasteiger charge is -2.31. The Morgan fingerprint density at radius 1 is 1.29 bits per heavy atom. The van der Waals surface area contributed by atoms with Crippen LogP contribution < -0.4 is 10.6 Å². The number of carbonyl (C=O) groups is 1. The highest BCUT2D eigenvalue weighted by atomic mass is 16.5. The first-order chi connectivity index (χ1) is 10.2. The number of hydrogen-bond donors (Lipinski definition) is 3. The smallest absolute Gasteiger partial charge is 0.317 e. The lowest BCUT2D eigenvalue weighted by molar-refractivity contribution is 0.0355. The summed E-state index contributed by atoms with van der Waals surface area (Å²) in [5, 5.41) is 16.5. The van der Waals surface area contributed by atoms with Gasteiger partial charge in [0.1, 0.15) is 6.10 Å². The number of aliphatic hydroxyl groups is 1. The molecule has 3 fully saturated rings. The second kappa shape index (κ2) is 6.91. The Kier molecular flexibility index (Phi) is 4.95. The van der Waals surface area contributed by atoms with Gasteiger partial charge in [-0.1, -0.05) is 6.42 Å². The molecule has 2 heterocycles. The Balaban J connectivity index is 1.39. The van der Waals surface area contributed by atoms with Crippen molar-refractivity contribution in [3.05, 3.63) is 0 Å². The molecule has 7 heteroatoms. The van der Waals surface area contributed by atoms with Crippen molar-refractivity contribution in [1.29, 1.82) is 0 Å². The van der Waals surface area contributed by atoms with Crippen molar-refractivity contribution in [2.45, 2.75) is 43.6 Å². The zero-order valence-electron chi connectivity index (χ0n) is 12.3. The van der Waals surface area contributed by atoms with Gasteiger partial charge in [0, 0.05) is 25.7 Å². The molecule has 3 aliphatic rings. The van der Waals surface area contributed by atoms with E-state index in [1.807, 2.05) is 0 Å². The van der Waals surface area contributed by atoms with Gasteiger partial charge in [0.15, 0.2) is 0 Å². The van der Waals surface area contributed by atoms with Crippen LogP contribution in [0.5, 0.6) is 0 Å². The molecule has 7 nitrogen and oxygen atoms in total. The van der Waals surface area contributed by atoms with Crippen LogP contribution in [-0.4, -0.2) is 79.8 Å². The summed E-state index contributed by atoms with van der Waals surface area (Å²) in [7, 11) is 0. The molecule has 0 spiro atoms. The third-order valence-electron chi connectivity index (χ3n) is 4.59. The van der Waals surface area contributed by atoms with Crippen molar-refractivity contribution >= 4 is 6.03 Å².